The van der Waals surface area contributed by atoms with E-state index in [1.165, 1.54) is 17.7 Å². The summed E-state index contributed by atoms with van der Waals surface area (Å²) >= 11 is 0. The lowest BCUT2D eigenvalue weighted by Gasteiger charge is -2.11. The normalized spacial score (nSPS) is 10.9. The molecule has 0 aliphatic rings. The second kappa shape index (κ2) is 7.23. The van der Waals surface area contributed by atoms with E-state index < -0.39 is 0 Å². The minimum atomic E-state index is -0.227. The van der Waals surface area contributed by atoms with Gasteiger partial charge in [0, 0.05) is 12.6 Å². The Hall–Kier alpha value is -1.87. The maximum absolute atomic E-state index is 13.2. The zero-order chi connectivity index (χ0) is 15.2. The monoisotopic (exact) mass is 287 g/mol. The van der Waals surface area contributed by atoms with E-state index >= 15 is 0 Å². The van der Waals surface area contributed by atoms with Crippen molar-refractivity contribution >= 4 is 0 Å². The Labute approximate surface area is 126 Å². The summed E-state index contributed by atoms with van der Waals surface area (Å²) in [5.41, 5.74) is 3.13. The number of nitrogens with one attached hydrogen (secondary N) is 1. The molecule has 0 bridgehead atoms. The first-order chi connectivity index (χ1) is 10.0. The molecule has 1 N–H and O–H groups in total. The van der Waals surface area contributed by atoms with Crippen LogP contribution in [0.4, 0.5) is 4.39 Å². The molecule has 3 heteroatoms. The summed E-state index contributed by atoms with van der Waals surface area (Å²) < 4.78 is 18.9. The van der Waals surface area contributed by atoms with Gasteiger partial charge >= 0.3 is 0 Å². The lowest BCUT2D eigenvalue weighted by Crippen LogP contribution is -2.21. The first-order valence-electron chi connectivity index (χ1n) is 7.25. The molecule has 0 unspecified atom stereocenters. The van der Waals surface area contributed by atoms with Gasteiger partial charge in [-0.05, 0) is 47.9 Å². The van der Waals surface area contributed by atoms with E-state index in [0.717, 1.165) is 23.4 Å². The van der Waals surface area contributed by atoms with Crippen LogP contribution in [-0.2, 0) is 13.2 Å². The van der Waals surface area contributed by atoms with Gasteiger partial charge in [0.15, 0.2) is 0 Å². The van der Waals surface area contributed by atoms with E-state index in [1.54, 1.807) is 6.07 Å². The van der Waals surface area contributed by atoms with Crippen molar-refractivity contribution in [1.82, 2.24) is 5.32 Å². The third-order valence-electron chi connectivity index (χ3n) is 3.34. The topological polar surface area (TPSA) is 21.3 Å². The molecule has 2 aromatic rings. The van der Waals surface area contributed by atoms with Crippen LogP contribution in [0.25, 0.3) is 0 Å². The number of rotatable bonds is 6. The molecular formula is C18H22FNO. The smallest absolute Gasteiger partial charge is 0.123 e. The fourth-order valence-electron chi connectivity index (χ4n) is 1.98. The number of hydrogen-bond acceptors (Lipinski definition) is 2. The number of aryl methyl sites for hydroxylation is 1. The highest BCUT2D eigenvalue weighted by atomic mass is 19.1. The molecule has 0 heterocycles. The quantitative estimate of drug-likeness (QED) is 0.859. The van der Waals surface area contributed by atoms with E-state index in [1.807, 2.05) is 31.2 Å². The van der Waals surface area contributed by atoms with Gasteiger partial charge in [0.25, 0.3) is 0 Å². The summed E-state index contributed by atoms with van der Waals surface area (Å²) in [7, 11) is 0. The van der Waals surface area contributed by atoms with Gasteiger partial charge in [0.05, 0.1) is 0 Å². The van der Waals surface area contributed by atoms with E-state index in [9.17, 15) is 4.39 Å². The summed E-state index contributed by atoms with van der Waals surface area (Å²) in [4.78, 5) is 0. The van der Waals surface area contributed by atoms with Crippen molar-refractivity contribution in [2.24, 2.45) is 0 Å². The van der Waals surface area contributed by atoms with Gasteiger partial charge in [-0.15, -0.1) is 0 Å². The molecule has 0 spiro atoms. The molecule has 0 fully saturated rings. The van der Waals surface area contributed by atoms with Gasteiger partial charge in [-0.3, -0.25) is 0 Å². The van der Waals surface area contributed by atoms with Crippen LogP contribution in [0.2, 0.25) is 0 Å². The Bertz CT molecular complexity index is 578. The van der Waals surface area contributed by atoms with Gasteiger partial charge in [-0.1, -0.05) is 32.0 Å². The Morgan fingerprint density at radius 2 is 1.81 bits per heavy atom. The number of benzene rings is 2. The van der Waals surface area contributed by atoms with Crippen molar-refractivity contribution in [3.63, 3.8) is 0 Å². The van der Waals surface area contributed by atoms with Crippen molar-refractivity contribution in [3.05, 3.63) is 65.0 Å². The van der Waals surface area contributed by atoms with Gasteiger partial charge in [0.2, 0.25) is 0 Å². The van der Waals surface area contributed by atoms with Crippen LogP contribution >= 0.6 is 0 Å². The Balaban J connectivity index is 1.93. The fourth-order valence-corrected chi connectivity index (χ4v) is 1.98. The van der Waals surface area contributed by atoms with E-state index in [2.05, 4.69) is 19.2 Å². The molecule has 0 radical (unpaired) electrons. The first-order valence-corrected chi connectivity index (χ1v) is 7.25. The van der Waals surface area contributed by atoms with Gasteiger partial charge < -0.3 is 10.1 Å². The number of ether oxygens (including phenoxy) is 1. The highest BCUT2D eigenvalue weighted by Crippen LogP contribution is 2.16. The zero-order valence-corrected chi connectivity index (χ0v) is 12.8. The molecule has 21 heavy (non-hydrogen) atoms. The molecule has 112 valence electrons. The maximum atomic E-state index is 13.2. The molecule has 2 aromatic carbocycles. The molecule has 2 nitrogen and oxygen atoms in total. The number of halogens is 1. The lowest BCUT2D eigenvalue weighted by molar-refractivity contribution is 0.304. The van der Waals surface area contributed by atoms with Gasteiger partial charge in [-0.2, -0.15) is 0 Å². The largest absolute Gasteiger partial charge is 0.489 e. The summed E-state index contributed by atoms with van der Waals surface area (Å²) in [6.45, 7) is 7.44. The van der Waals surface area contributed by atoms with Crippen LogP contribution in [0.1, 0.15) is 30.5 Å². The number of hydrogen-bond donors (Lipinski definition) is 1. The van der Waals surface area contributed by atoms with Crippen LogP contribution in [0.15, 0.2) is 42.5 Å². The summed E-state index contributed by atoms with van der Waals surface area (Å²) in [5, 5.41) is 3.37. The molecular weight excluding hydrogens is 265 g/mol. The van der Waals surface area contributed by atoms with Crippen molar-refractivity contribution in [2.45, 2.75) is 40.0 Å². The lowest BCUT2D eigenvalue weighted by atomic mass is 10.1. The zero-order valence-electron chi connectivity index (χ0n) is 12.8. The van der Waals surface area contributed by atoms with Gasteiger partial charge in [0.1, 0.15) is 18.2 Å². The van der Waals surface area contributed by atoms with Crippen LogP contribution < -0.4 is 10.1 Å². The van der Waals surface area contributed by atoms with Crippen molar-refractivity contribution in [3.8, 4) is 5.75 Å². The maximum Gasteiger partial charge on any atom is 0.123 e. The second-order valence-electron chi connectivity index (χ2n) is 5.54. The van der Waals surface area contributed by atoms with Crippen molar-refractivity contribution in [1.29, 1.82) is 0 Å². The molecule has 0 atom stereocenters. The minimum absolute atomic E-state index is 0.227. The molecule has 2 rings (SSSR count). The van der Waals surface area contributed by atoms with Crippen LogP contribution in [-0.4, -0.2) is 6.04 Å². The molecule has 0 aliphatic heterocycles. The average Bonchev–Trinajstić information content (AvgIpc) is 2.47. The highest BCUT2D eigenvalue weighted by molar-refractivity contribution is 5.29. The first kappa shape index (κ1) is 15.5. The molecule has 0 saturated carbocycles. The van der Waals surface area contributed by atoms with Crippen LogP contribution in [0, 0.1) is 12.7 Å². The third kappa shape index (κ3) is 4.87. The molecule has 0 aromatic heterocycles. The van der Waals surface area contributed by atoms with Crippen LogP contribution in [0.3, 0.4) is 0 Å². The van der Waals surface area contributed by atoms with Gasteiger partial charge in [-0.25, -0.2) is 4.39 Å². The summed E-state index contributed by atoms with van der Waals surface area (Å²) in [6.07, 6.45) is 0. The predicted molar refractivity (Wildman–Crippen MR) is 83.9 cm³/mol. The average molecular weight is 287 g/mol. The third-order valence-corrected chi connectivity index (χ3v) is 3.34. The summed E-state index contributed by atoms with van der Waals surface area (Å²) in [5.74, 6) is 0.571. The van der Waals surface area contributed by atoms with Crippen molar-refractivity contribution in [2.75, 3.05) is 0 Å². The Kier molecular flexibility index (Phi) is 5.34. The van der Waals surface area contributed by atoms with Crippen molar-refractivity contribution < 1.29 is 9.13 Å². The molecule has 0 aliphatic carbocycles. The Morgan fingerprint density at radius 1 is 1.10 bits per heavy atom. The predicted octanol–water partition coefficient (Wildman–Crippen LogP) is 4.21. The van der Waals surface area contributed by atoms with E-state index in [0.29, 0.717) is 12.6 Å². The second-order valence-corrected chi connectivity index (χ2v) is 5.54. The van der Waals surface area contributed by atoms with Crippen LogP contribution in [0.5, 0.6) is 5.75 Å². The van der Waals surface area contributed by atoms with E-state index in [-0.39, 0.29) is 5.82 Å². The highest BCUT2D eigenvalue weighted by Gasteiger charge is 2.02. The SMILES string of the molecule is Cc1ccc(F)cc1COc1ccc(CNC(C)C)cc1. The van der Waals surface area contributed by atoms with E-state index in [4.69, 9.17) is 4.74 Å². The molecule has 0 saturated heterocycles. The molecule has 0 amide bonds. The summed E-state index contributed by atoms with van der Waals surface area (Å²) in [6, 6.07) is 13.2. The Morgan fingerprint density at radius 3 is 2.48 bits per heavy atom. The standard InChI is InChI=1S/C18H22FNO/c1-13(2)20-11-15-5-8-18(9-6-15)21-12-16-10-17(19)7-4-14(16)3/h4-10,13,20H,11-12H2,1-3H3. The fraction of sp³-hybridized carbons (Fsp3) is 0.333. The minimum Gasteiger partial charge on any atom is -0.489 e.